The Labute approximate surface area is 115 Å². The molecule has 0 bridgehead atoms. The number of amides is 1. The first kappa shape index (κ1) is 17.9. The molecule has 5 nitrogen and oxygen atoms in total. The van der Waals surface area contributed by atoms with Gasteiger partial charge in [-0.1, -0.05) is 26.7 Å². The van der Waals surface area contributed by atoms with E-state index in [1.54, 1.807) is 0 Å². The quantitative estimate of drug-likeness (QED) is 0.709. The molecule has 0 aliphatic carbocycles. The van der Waals surface area contributed by atoms with Crippen molar-refractivity contribution in [2.24, 2.45) is 0 Å². The molecule has 0 aliphatic rings. The van der Waals surface area contributed by atoms with E-state index in [1.165, 1.54) is 25.8 Å². The van der Waals surface area contributed by atoms with Crippen LogP contribution in [0, 0.1) is 0 Å². The maximum absolute atomic E-state index is 12.2. The fourth-order valence-corrected chi connectivity index (χ4v) is 2.09. The zero-order valence-corrected chi connectivity index (χ0v) is 12.7. The van der Waals surface area contributed by atoms with E-state index in [1.807, 2.05) is 13.8 Å². The summed E-state index contributed by atoms with van der Waals surface area (Å²) in [6.45, 7) is 6.86. The summed E-state index contributed by atoms with van der Waals surface area (Å²) in [4.78, 5) is 24.5. The molecule has 112 valence electrons. The molecule has 1 amide bonds. The number of likely N-dealkylation sites (N-methyl/N-ethyl adjacent to an activating group) is 1. The first-order chi connectivity index (χ1) is 8.60. The summed E-state index contributed by atoms with van der Waals surface area (Å²) < 4.78 is 0. The van der Waals surface area contributed by atoms with Crippen molar-refractivity contribution < 1.29 is 19.8 Å². The highest BCUT2D eigenvalue weighted by Gasteiger charge is 2.38. The van der Waals surface area contributed by atoms with Gasteiger partial charge < -0.3 is 15.1 Å². The van der Waals surface area contributed by atoms with Gasteiger partial charge in [-0.3, -0.25) is 4.79 Å². The number of aliphatic hydroxyl groups is 1. The SMILES string of the molecule is CCCC(O)(CCC)CC(=O)N(C)C(C)(C)C(=O)O. The molecule has 0 aliphatic heterocycles. The van der Waals surface area contributed by atoms with Gasteiger partial charge in [-0.2, -0.15) is 0 Å². The molecule has 0 unspecified atom stereocenters. The van der Waals surface area contributed by atoms with Gasteiger partial charge >= 0.3 is 5.97 Å². The number of carbonyl (C=O) groups is 2. The second-order valence-electron chi connectivity index (χ2n) is 5.72. The summed E-state index contributed by atoms with van der Waals surface area (Å²) in [7, 11) is 1.47. The van der Waals surface area contributed by atoms with E-state index in [4.69, 9.17) is 5.11 Å². The Morgan fingerprint density at radius 1 is 1.11 bits per heavy atom. The van der Waals surface area contributed by atoms with Gasteiger partial charge in [0.15, 0.2) is 0 Å². The molecule has 0 aromatic heterocycles. The smallest absolute Gasteiger partial charge is 0.329 e. The summed E-state index contributed by atoms with van der Waals surface area (Å²) in [5.74, 6) is -1.39. The Morgan fingerprint density at radius 3 is 1.84 bits per heavy atom. The number of carboxylic acid groups (broad SMARTS) is 1. The Bertz CT molecular complexity index is 319. The van der Waals surface area contributed by atoms with Gasteiger partial charge in [0, 0.05) is 7.05 Å². The van der Waals surface area contributed by atoms with E-state index in [0.717, 1.165) is 12.8 Å². The van der Waals surface area contributed by atoms with E-state index < -0.39 is 17.1 Å². The second-order valence-corrected chi connectivity index (χ2v) is 5.72. The molecule has 0 heterocycles. The van der Waals surface area contributed by atoms with Crippen LogP contribution in [0.5, 0.6) is 0 Å². The number of carboxylic acids is 1. The Hall–Kier alpha value is -1.10. The molecule has 0 saturated heterocycles. The van der Waals surface area contributed by atoms with Crippen molar-refractivity contribution >= 4 is 11.9 Å². The lowest BCUT2D eigenvalue weighted by Crippen LogP contribution is -2.52. The van der Waals surface area contributed by atoms with Crippen molar-refractivity contribution in [1.29, 1.82) is 0 Å². The third kappa shape index (κ3) is 4.82. The molecule has 0 aromatic carbocycles. The number of aliphatic carboxylic acids is 1. The molecule has 0 aromatic rings. The van der Waals surface area contributed by atoms with Crippen LogP contribution >= 0.6 is 0 Å². The lowest BCUT2D eigenvalue weighted by Gasteiger charge is -2.35. The average Bonchev–Trinajstić information content (AvgIpc) is 2.27. The van der Waals surface area contributed by atoms with Crippen LogP contribution in [0.1, 0.15) is 59.8 Å². The molecule has 2 N–H and O–H groups in total. The van der Waals surface area contributed by atoms with Crippen LogP contribution in [0.2, 0.25) is 0 Å². The standard InChI is InChI=1S/C14H27NO4/c1-6-8-14(19,9-7-2)10-11(16)15(5)13(3,4)12(17)18/h19H,6-10H2,1-5H3,(H,17,18). The van der Waals surface area contributed by atoms with Crippen molar-refractivity contribution in [3.05, 3.63) is 0 Å². The number of hydrogen-bond acceptors (Lipinski definition) is 3. The van der Waals surface area contributed by atoms with Gasteiger partial charge in [0.05, 0.1) is 12.0 Å². The van der Waals surface area contributed by atoms with Gasteiger partial charge in [0.2, 0.25) is 5.91 Å². The molecule has 0 spiro atoms. The lowest BCUT2D eigenvalue weighted by atomic mass is 9.88. The maximum atomic E-state index is 12.2. The maximum Gasteiger partial charge on any atom is 0.329 e. The van der Waals surface area contributed by atoms with Crippen LogP contribution in [-0.2, 0) is 9.59 Å². The molecular weight excluding hydrogens is 246 g/mol. The van der Waals surface area contributed by atoms with Crippen LogP contribution < -0.4 is 0 Å². The Balaban J connectivity index is 4.87. The average molecular weight is 273 g/mol. The summed E-state index contributed by atoms with van der Waals surface area (Å²) in [6, 6.07) is 0. The van der Waals surface area contributed by atoms with Crippen molar-refractivity contribution in [1.82, 2.24) is 4.90 Å². The minimum Gasteiger partial charge on any atom is -0.480 e. The number of carbonyl (C=O) groups excluding carboxylic acids is 1. The topological polar surface area (TPSA) is 77.8 Å². The highest BCUT2D eigenvalue weighted by atomic mass is 16.4. The van der Waals surface area contributed by atoms with E-state index in [-0.39, 0.29) is 12.3 Å². The molecule has 0 fully saturated rings. The van der Waals surface area contributed by atoms with E-state index in [9.17, 15) is 14.7 Å². The van der Waals surface area contributed by atoms with Crippen LogP contribution in [0.15, 0.2) is 0 Å². The first-order valence-electron chi connectivity index (χ1n) is 6.83. The van der Waals surface area contributed by atoms with Crippen LogP contribution in [0.3, 0.4) is 0 Å². The minimum atomic E-state index is -1.27. The van der Waals surface area contributed by atoms with Gasteiger partial charge in [0.1, 0.15) is 5.54 Å². The van der Waals surface area contributed by atoms with Gasteiger partial charge in [-0.05, 0) is 26.7 Å². The van der Waals surface area contributed by atoms with E-state index in [2.05, 4.69) is 0 Å². The fourth-order valence-electron chi connectivity index (χ4n) is 2.09. The predicted octanol–water partition coefficient (Wildman–Crippen LogP) is 2.03. The second kappa shape index (κ2) is 6.89. The normalized spacial score (nSPS) is 12.3. The zero-order valence-electron chi connectivity index (χ0n) is 12.7. The molecule has 0 radical (unpaired) electrons. The summed E-state index contributed by atoms with van der Waals surface area (Å²) >= 11 is 0. The highest BCUT2D eigenvalue weighted by Crippen LogP contribution is 2.26. The molecule has 0 saturated carbocycles. The molecule has 0 atom stereocenters. The van der Waals surface area contributed by atoms with Crippen LogP contribution in [0.4, 0.5) is 0 Å². The van der Waals surface area contributed by atoms with E-state index >= 15 is 0 Å². The molecule has 19 heavy (non-hydrogen) atoms. The van der Waals surface area contributed by atoms with Gasteiger partial charge in [0.25, 0.3) is 0 Å². The highest BCUT2D eigenvalue weighted by molar-refractivity contribution is 5.86. The van der Waals surface area contributed by atoms with Gasteiger partial charge in [-0.25, -0.2) is 4.79 Å². The minimum absolute atomic E-state index is 0.0259. The van der Waals surface area contributed by atoms with Crippen molar-refractivity contribution in [2.45, 2.75) is 70.9 Å². The summed E-state index contributed by atoms with van der Waals surface area (Å²) in [5, 5.41) is 19.5. The predicted molar refractivity (Wildman–Crippen MR) is 73.9 cm³/mol. The summed E-state index contributed by atoms with van der Waals surface area (Å²) in [5.41, 5.74) is -2.29. The third-order valence-corrected chi connectivity index (χ3v) is 3.65. The van der Waals surface area contributed by atoms with E-state index in [0.29, 0.717) is 12.8 Å². The molecule has 5 heteroatoms. The largest absolute Gasteiger partial charge is 0.480 e. The Kier molecular flexibility index (Phi) is 6.49. The number of nitrogens with zero attached hydrogens (tertiary/aromatic N) is 1. The zero-order chi connectivity index (χ0) is 15.3. The fraction of sp³-hybridized carbons (Fsp3) is 0.857. The monoisotopic (exact) mass is 273 g/mol. The summed E-state index contributed by atoms with van der Waals surface area (Å²) in [6.07, 6.45) is 2.65. The van der Waals surface area contributed by atoms with Crippen molar-refractivity contribution in [2.75, 3.05) is 7.05 Å². The van der Waals surface area contributed by atoms with Crippen LogP contribution in [-0.4, -0.2) is 45.2 Å². The van der Waals surface area contributed by atoms with Crippen molar-refractivity contribution in [3.8, 4) is 0 Å². The number of hydrogen-bond donors (Lipinski definition) is 2. The van der Waals surface area contributed by atoms with Crippen molar-refractivity contribution in [3.63, 3.8) is 0 Å². The third-order valence-electron chi connectivity index (χ3n) is 3.65. The van der Waals surface area contributed by atoms with Crippen LogP contribution in [0.25, 0.3) is 0 Å². The first-order valence-corrected chi connectivity index (χ1v) is 6.83. The Morgan fingerprint density at radius 2 is 1.53 bits per heavy atom. The number of rotatable bonds is 8. The molecular formula is C14H27NO4. The lowest BCUT2D eigenvalue weighted by molar-refractivity contribution is -0.157. The van der Waals surface area contributed by atoms with Gasteiger partial charge in [-0.15, -0.1) is 0 Å². The molecule has 0 rings (SSSR count).